The van der Waals surface area contributed by atoms with Gasteiger partial charge in [0.05, 0.1) is 0 Å². The first-order valence-electron chi connectivity index (χ1n) is 4.14. The quantitative estimate of drug-likeness (QED) is 0.835. The van der Waals surface area contributed by atoms with Gasteiger partial charge in [-0.25, -0.2) is 0 Å². The van der Waals surface area contributed by atoms with E-state index >= 15 is 0 Å². The molecule has 0 aliphatic rings. The molecule has 0 radical (unpaired) electrons. The Morgan fingerprint density at radius 1 is 1.33 bits per heavy atom. The molecule has 12 heavy (non-hydrogen) atoms. The van der Waals surface area contributed by atoms with Crippen LogP contribution in [0.5, 0.6) is 0 Å². The van der Waals surface area contributed by atoms with Gasteiger partial charge in [0.25, 0.3) is 0 Å². The van der Waals surface area contributed by atoms with E-state index in [1.807, 2.05) is 7.05 Å². The number of hydrogen-bond donors (Lipinski definition) is 1. The molecular formula is C10H14IN. The zero-order valence-electron chi connectivity index (χ0n) is 7.47. The first kappa shape index (κ1) is 9.99. The Labute approximate surface area is 87.7 Å². The van der Waals surface area contributed by atoms with Gasteiger partial charge in [-0.05, 0) is 60.7 Å². The average Bonchev–Trinajstić information content (AvgIpc) is 2.09. The molecule has 2 heteroatoms. The number of likely N-dealkylation sites (N-methyl/N-ethyl adjacent to an activating group) is 1. The van der Waals surface area contributed by atoms with Crippen LogP contribution in [-0.2, 0) is 6.42 Å². The molecule has 66 valence electrons. The maximum atomic E-state index is 3.23. The van der Waals surface area contributed by atoms with Crippen LogP contribution in [0.3, 0.4) is 0 Å². The lowest BCUT2D eigenvalue weighted by molar-refractivity contribution is 0.608. The summed E-state index contributed by atoms with van der Waals surface area (Å²) < 4.78 is 1.30. The fourth-order valence-electron chi connectivity index (χ4n) is 1.08. The maximum Gasteiger partial charge on any atom is 0.0130 e. The van der Waals surface area contributed by atoms with Crippen LogP contribution in [-0.4, -0.2) is 13.1 Å². The highest BCUT2D eigenvalue weighted by atomic mass is 127. The number of hydrogen-bond acceptors (Lipinski definition) is 1. The highest BCUT2D eigenvalue weighted by molar-refractivity contribution is 14.1. The van der Waals surface area contributed by atoms with Crippen molar-refractivity contribution < 1.29 is 0 Å². The van der Waals surface area contributed by atoms with Gasteiger partial charge in [0.2, 0.25) is 0 Å². The topological polar surface area (TPSA) is 12.0 Å². The van der Waals surface area contributed by atoms with Crippen LogP contribution < -0.4 is 5.32 Å². The number of rotatable bonds is 3. The second-order valence-corrected chi connectivity index (χ2v) is 4.27. The number of halogens is 1. The van der Waals surface area contributed by atoms with E-state index in [0.717, 1.165) is 6.42 Å². The van der Waals surface area contributed by atoms with Crippen molar-refractivity contribution in [3.8, 4) is 0 Å². The van der Waals surface area contributed by atoms with Gasteiger partial charge in [0, 0.05) is 9.61 Å². The Kier molecular flexibility index (Phi) is 4.01. The second kappa shape index (κ2) is 4.82. The van der Waals surface area contributed by atoms with Crippen molar-refractivity contribution in [2.24, 2.45) is 0 Å². The zero-order valence-corrected chi connectivity index (χ0v) is 9.63. The fraction of sp³-hybridized carbons (Fsp3) is 0.400. The summed E-state index contributed by atoms with van der Waals surface area (Å²) >= 11 is 2.32. The first-order valence-corrected chi connectivity index (χ1v) is 5.22. The van der Waals surface area contributed by atoms with E-state index in [-0.39, 0.29) is 0 Å². The van der Waals surface area contributed by atoms with Gasteiger partial charge in [0.1, 0.15) is 0 Å². The van der Waals surface area contributed by atoms with E-state index in [4.69, 9.17) is 0 Å². The number of nitrogens with one attached hydrogen (secondary N) is 1. The summed E-state index contributed by atoms with van der Waals surface area (Å²) in [5.41, 5.74) is 1.40. The predicted molar refractivity (Wildman–Crippen MR) is 61.4 cm³/mol. The summed E-state index contributed by atoms with van der Waals surface area (Å²) in [7, 11) is 2.00. The van der Waals surface area contributed by atoms with Crippen LogP contribution in [0.1, 0.15) is 12.5 Å². The SMILES string of the molecule is CN[C@H](C)Cc1ccc(I)cc1. The maximum absolute atomic E-state index is 3.23. The third-order valence-electron chi connectivity index (χ3n) is 1.95. The van der Waals surface area contributed by atoms with Crippen LogP contribution in [0, 0.1) is 3.57 Å². The van der Waals surface area contributed by atoms with E-state index in [1.165, 1.54) is 9.13 Å². The van der Waals surface area contributed by atoms with Crippen molar-refractivity contribution in [2.45, 2.75) is 19.4 Å². The molecule has 1 rings (SSSR count). The summed E-state index contributed by atoms with van der Waals surface area (Å²) in [6, 6.07) is 9.24. The minimum Gasteiger partial charge on any atom is -0.317 e. The molecular weight excluding hydrogens is 261 g/mol. The lowest BCUT2D eigenvalue weighted by atomic mass is 10.1. The van der Waals surface area contributed by atoms with Gasteiger partial charge in [-0.2, -0.15) is 0 Å². The van der Waals surface area contributed by atoms with Crippen molar-refractivity contribution in [1.29, 1.82) is 0 Å². The molecule has 0 heterocycles. The highest BCUT2D eigenvalue weighted by Gasteiger charge is 1.99. The smallest absolute Gasteiger partial charge is 0.0130 e. The van der Waals surface area contributed by atoms with Crippen LogP contribution in [0.25, 0.3) is 0 Å². The molecule has 0 spiro atoms. The fourth-order valence-corrected chi connectivity index (χ4v) is 1.44. The van der Waals surface area contributed by atoms with E-state index in [2.05, 4.69) is 59.1 Å². The third-order valence-corrected chi connectivity index (χ3v) is 2.67. The number of benzene rings is 1. The monoisotopic (exact) mass is 275 g/mol. The summed E-state index contributed by atoms with van der Waals surface area (Å²) in [5.74, 6) is 0. The lowest BCUT2D eigenvalue weighted by Crippen LogP contribution is -2.23. The first-order chi connectivity index (χ1) is 5.72. The van der Waals surface area contributed by atoms with Gasteiger partial charge in [-0.3, -0.25) is 0 Å². The van der Waals surface area contributed by atoms with Gasteiger partial charge in [-0.1, -0.05) is 12.1 Å². The van der Waals surface area contributed by atoms with Crippen molar-refractivity contribution in [1.82, 2.24) is 5.32 Å². The van der Waals surface area contributed by atoms with Crippen LogP contribution in [0.15, 0.2) is 24.3 Å². The van der Waals surface area contributed by atoms with Gasteiger partial charge < -0.3 is 5.32 Å². The largest absolute Gasteiger partial charge is 0.317 e. The van der Waals surface area contributed by atoms with Gasteiger partial charge in [-0.15, -0.1) is 0 Å². The minimum atomic E-state index is 0.560. The predicted octanol–water partition coefficient (Wildman–Crippen LogP) is 2.44. The van der Waals surface area contributed by atoms with E-state index in [1.54, 1.807) is 0 Å². The molecule has 0 aliphatic carbocycles. The Hall–Kier alpha value is -0.0900. The molecule has 0 saturated heterocycles. The second-order valence-electron chi connectivity index (χ2n) is 3.02. The molecule has 0 unspecified atom stereocenters. The minimum absolute atomic E-state index is 0.560. The standard InChI is InChI=1S/C10H14IN/c1-8(12-2)7-9-3-5-10(11)6-4-9/h3-6,8,12H,7H2,1-2H3/t8-/m1/s1. The molecule has 1 atom stereocenters. The zero-order chi connectivity index (χ0) is 8.97. The molecule has 0 aliphatic heterocycles. The molecule has 0 fully saturated rings. The molecule has 0 bridgehead atoms. The van der Waals surface area contributed by atoms with E-state index in [0.29, 0.717) is 6.04 Å². The molecule has 0 amide bonds. The summed E-state index contributed by atoms with van der Waals surface area (Å²) in [6.45, 7) is 2.19. The lowest BCUT2D eigenvalue weighted by Gasteiger charge is -2.09. The summed E-state index contributed by atoms with van der Waals surface area (Å²) in [5, 5.41) is 3.23. The van der Waals surface area contributed by atoms with Gasteiger partial charge >= 0.3 is 0 Å². The van der Waals surface area contributed by atoms with E-state index < -0.39 is 0 Å². The van der Waals surface area contributed by atoms with Crippen molar-refractivity contribution >= 4 is 22.6 Å². The average molecular weight is 275 g/mol. The van der Waals surface area contributed by atoms with Gasteiger partial charge in [0.15, 0.2) is 0 Å². The Balaban J connectivity index is 2.58. The summed E-state index contributed by atoms with van der Waals surface area (Å²) in [4.78, 5) is 0. The Bertz CT molecular complexity index is 230. The van der Waals surface area contributed by atoms with Crippen molar-refractivity contribution in [2.75, 3.05) is 7.05 Å². The third kappa shape index (κ3) is 3.11. The van der Waals surface area contributed by atoms with Crippen LogP contribution in [0.4, 0.5) is 0 Å². The molecule has 0 aromatic heterocycles. The van der Waals surface area contributed by atoms with Crippen molar-refractivity contribution in [3.63, 3.8) is 0 Å². The summed E-state index contributed by atoms with van der Waals surface area (Å²) in [6.07, 6.45) is 1.10. The van der Waals surface area contributed by atoms with Crippen LogP contribution >= 0.6 is 22.6 Å². The Morgan fingerprint density at radius 3 is 2.42 bits per heavy atom. The van der Waals surface area contributed by atoms with E-state index in [9.17, 15) is 0 Å². The molecule has 1 nitrogen and oxygen atoms in total. The molecule has 1 aromatic carbocycles. The van der Waals surface area contributed by atoms with Crippen LogP contribution in [0.2, 0.25) is 0 Å². The normalized spacial score (nSPS) is 12.9. The Morgan fingerprint density at radius 2 is 1.92 bits per heavy atom. The molecule has 0 saturated carbocycles. The van der Waals surface area contributed by atoms with Crippen molar-refractivity contribution in [3.05, 3.63) is 33.4 Å². The molecule has 1 aromatic rings. The highest BCUT2D eigenvalue weighted by Crippen LogP contribution is 2.08. The molecule has 1 N–H and O–H groups in total.